The number of ether oxygens (including phenoxy) is 1. The Hall–Kier alpha value is -1.16. The van der Waals surface area contributed by atoms with Gasteiger partial charge in [0.15, 0.2) is 0 Å². The Morgan fingerprint density at radius 2 is 2.36 bits per heavy atom. The lowest BCUT2D eigenvalue weighted by molar-refractivity contribution is 0.137. The lowest BCUT2D eigenvalue weighted by atomic mass is 9.94. The smallest absolute Gasteiger partial charge is 0.233 e. The van der Waals surface area contributed by atoms with E-state index in [0.717, 1.165) is 25.7 Å². The van der Waals surface area contributed by atoms with E-state index in [1.165, 1.54) is 0 Å². The van der Waals surface area contributed by atoms with Crippen molar-refractivity contribution in [2.45, 2.75) is 37.8 Å². The van der Waals surface area contributed by atoms with Crippen LogP contribution in [0.15, 0.2) is 18.3 Å². The van der Waals surface area contributed by atoms with Crippen molar-refractivity contribution in [1.82, 2.24) is 10.2 Å². The number of nitrogens with two attached hydrogens (primary N) is 1. The van der Waals surface area contributed by atoms with Gasteiger partial charge in [-0.25, -0.2) is 0 Å². The zero-order valence-corrected chi connectivity index (χ0v) is 8.10. The topological polar surface area (TPSA) is 61.0 Å². The average Bonchev–Trinajstić information content (AvgIpc) is 2.19. The van der Waals surface area contributed by atoms with Crippen LogP contribution in [0.2, 0.25) is 0 Å². The SMILES string of the molecule is NC1CCCC(Oc2cccnn2)C1. The molecule has 76 valence electrons. The molecule has 2 rings (SSSR count). The normalized spacial score (nSPS) is 27.2. The summed E-state index contributed by atoms with van der Waals surface area (Å²) in [5.74, 6) is 0.603. The molecule has 0 bridgehead atoms. The molecule has 0 saturated heterocycles. The quantitative estimate of drug-likeness (QED) is 0.764. The summed E-state index contributed by atoms with van der Waals surface area (Å²) in [5, 5.41) is 7.65. The second-order valence-electron chi connectivity index (χ2n) is 3.73. The fraction of sp³-hybridized carbons (Fsp3) is 0.600. The summed E-state index contributed by atoms with van der Waals surface area (Å²) in [7, 11) is 0. The molecule has 0 aromatic carbocycles. The third kappa shape index (κ3) is 2.42. The predicted octanol–water partition coefficient (Wildman–Crippen LogP) is 1.13. The molecule has 1 saturated carbocycles. The highest BCUT2D eigenvalue weighted by Crippen LogP contribution is 2.21. The van der Waals surface area contributed by atoms with Gasteiger partial charge in [-0.05, 0) is 31.7 Å². The van der Waals surface area contributed by atoms with Crippen LogP contribution in [0.3, 0.4) is 0 Å². The van der Waals surface area contributed by atoms with Crippen LogP contribution in [0, 0.1) is 0 Å². The summed E-state index contributed by atoms with van der Waals surface area (Å²) in [6.07, 6.45) is 6.11. The molecule has 14 heavy (non-hydrogen) atoms. The standard InChI is InChI=1S/C10H15N3O/c11-8-3-1-4-9(7-8)14-10-5-2-6-12-13-10/h2,5-6,8-9H,1,3-4,7,11H2. The van der Waals surface area contributed by atoms with E-state index in [2.05, 4.69) is 10.2 Å². The molecule has 1 aromatic heterocycles. The van der Waals surface area contributed by atoms with Crippen molar-refractivity contribution in [3.8, 4) is 5.88 Å². The predicted molar refractivity (Wildman–Crippen MR) is 52.9 cm³/mol. The Morgan fingerprint density at radius 3 is 3.07 bits per heavy atom. The maximum absolute atomic E-state index is 5.86. The lowest BCUT2D eigenvalue weighted by Gasteiger charge is -2.26. The molecule has 1 aromatic rings. The van der Waals surface area contributed by atoms with Crippen molar-refractivity contribution < 1.29 is 4.74 Å². The van der Waals surface area contributed by atoms with Gasteiger partial charge in [0.1, 0.15) is 6.10 Å². The van der Waals surface area contributed by atoms with Gasteiger partial charge in [0.05, 0.1) is 0 Å². The van der Waals surface area contributed by atoms with Gasteiger partial charge in [-0.2, -0.15) is 5.10 Å². The van der Waals surface area contributed by atoms with Crippen molar-refractivity contribution in [3.05, 3.63) is 18.3 Å². The molecule has 0 radical (unpaired) electrons. The molecule has 4 heteroatoms. The van der Waals surface area contributed by atoms with Gasteiger partial charge < -0.3 is 10.5 Å². The molecule has 1 aliphatic carbocycles. The minimum Gasteiger partial charge on any atom is -0.473 e. The molecule has 1 fully saturated rings. The summed E-state index contributed by atoms with van der Waals surface area (Å²) >= 11 is 0. The van der Waals surface area contributed by atoms with Crippen LogP contribution < -0.4 is 10.5 Å². The van der Waals surface area contributed by atoms with Gasteiger partial charge in [0, 0.05) is 18.3 Å². The van der Waals surface area contributed by atoms with Gasteiger partial charge in [0.25, 0.3) is 0 Å². The molecule has 2 N–H and O–H groups in total. The Morgan fingerprint density at radius 1 is 1.43 bits per heavy atom. The van der Waals surface area contributed by atoms with Crippen molar-refractivity contribution in [2.24, 2.45) is 5.73 Å². The van der Waals surface area contributed by atoms with Gasteiger partial charge in [-0.1, -0.05) is 0 Å². The monoisotopic (exact) mass is 193 g/mol. The van der Waals surface area contributed by atoms with Crippen molar-refractivity contribution in [2.75, 3.05) is 0 Å². The maximum atomic E-state index is 5.86. The van der Waals surface area contributed by atoms with E-state index in [1.54, 1.807) is 6.20 Å². The van der Waals surface area contributed by atoms with Gasteiger partial charge in [-0.15, -0.1) is 5.10 Å². The second-order valence-corrected chi connectivity index (χ2v) is 3.73. The number of hydrogen-bond acceptors (Lipinski definition) is 4. The summed E-state index contributed by atoms with van der Waals surface area (Å²) < 4.78 is 5.67. The minimum atomic E-state index is 0.218. The van der Waals surface area contributed by atoms with Crippen LogP contribution in [0.5, 0.6) is 5.88 Å². The summed E-state index contributed by atoms with van der Waals surface area (Å²) in [5.41, 5.74) is 5.86. The van der Waals surface area contributed by atoms with E-state index >= 15 is 0 Å². The first-order valence-electron chi connectivity index (χ1n) is 5.04. The van der Waals surface area contributed by atoms with Gasteiger partial charge in [-0.3, -0.25) is 0 Å². The van der Waals surface area contributed by atoms with E-state index in [4.69, 9.17) is 10.5 Å². The molecule has 2 atom stereocenters. The highest BCUT2D eigenvalue weighted by Gasteiger charge is 2.20. The number of aromatic nitrogens is 2. The highest BCUT2D eigenvalue weighted by atomic mass is 16.5. The van der Waals surface area contributed by atoms with E-state index in [9.17, 15) is 0 Å². The Kier molecular flexibility index (Phi) is 2.93. The third-order valence-corrected chi connectivity index (χ3v) is 2.50. The fourth-order valence-electron chi connectivity index (χ4n) is 1.81. The first-order chi connectivity index (χ1) is 6.84. The molecule has 1 heterocycles. The van der Waals surface area contributed by atoms with E-state index < -0.39 is 0 Å². The van der Waals surface area contributed by atoms with E-state index in [-0.39, 0.29) is 12.1 Å². The number of rotatable bonds is 2. The number of nitrogens with zero attached hydrogens (tertiary/aromatic N) is 2. The van der Waals surface area contributed by atoms with Crippen LogP contribution in [-0.4, -0.2) is 22.3 Å². The van der Waals surface area contributed by atoms with Crippen LogP contribution >= 0.6 is 0 Å². The van der Waals surface area contributed by atoms with Crippen LogP contribution in [0.1, 0.15) is 25.7 Å². The molecular formula is C10H15N3O. The van der Waals surface area contributed by atoms with Gasteiger partial charge >= 0.3 is 0 Å². The van der Waals surface area contributed by atoms with Crippen LogP contribution in [0.25, 0.3) is 0 Å². The van der Waals surface area contributed by atoms with Crippen molar-refractivity contribution in [3.63, 3.8) is 0 Å². The summed E-state index contributed by atoms with van der Waals surface area (Å²) in [4.78, 5) is 0. The van der Waals surface area contributed by atoms with Crippen molar-refractivity contribution in [1.29, 1.82) is 0 Å². The summed E-state index contributed by atoms with van der Waals surface area (Å²) in [6, 6.07) is 3.93. The molecule has 0 amide bonds. The molecule has 1 aliphatic rings. The molecule has 0 spiro atoms. The van der Waals surface area contributed by atoms with Crippen LogP contribution in [0.4, 0.5) is 0 Å². The summed E-state index contributed by atoms with van der Waals surface area (Å²) in [6.45, 7) is 0. The first kappa shape index (κ1) is 9.40. The van der Waals surface area contributed by atoms with Crippen molar-refractivity contribution >= 4 is 0 Å². The van der Waals surface area contributed by atoms with E-state index in [0.29, 0.717) is 5.88 Å². The minimum absolute atomic E-state index is 0.218. The van der Waals surface area contributed by atoms with E-state index in [1.807, 2.05) is 12.1 Å². The number of hydrogen-bond donors (Lipinski definition) is 1. The lowest BCUT2D eigenvalue weighted by Crippen LogP contribution is -2.33. The Balaban J connectivity index is 1.91. The van der Waals surface area contributed by atoms with Crippen LogP contribution in [-0.2, 0) is 0 Å². The Bertz CT molecular complexity index is 278. The molecular weight excluding hydrogens is 178 g/mol. The zero-order valence-electron chi connectivity index (χ0n) is 8.10. The third-order valence-electron chi connectivity index (χ3n) is 2.50. The molecule has 2 unspecified atom stereocenters. The molecule has 4 nitrogen and oxygen atoms in total. The van der Waals surface area contributed by atoms with Gasteiger partial charge in [0.2, 0.25) is 5.88 Å². The zero-order chi connectivity index (χ0) is 9.80. The maximum Gasteiger partial charge on any atom is 0.233 e. The largest absolute Gasteiger partial charge is 0.473 e. The fourth-order valence-corrected chi connectivity index (χ4v) is 1.81. The Labute approximate surface area is 83.5 Å². The second kappa shape index (κ2) is 4.37. The first-order valence-corrected chi connectivity index (χ1v) is 5.04. The highest BCUT2D eigenvalue weighted by molar-refractivity contribution is 5.06. The average molecular weight is 193 g/mol. The molecule has 0 aliphatic heterocycles.